The van der Waals surface area contributed by atoms with Gasteiger partial charge in [-0.05, 0) is 75.7 Å². The van der Waals surface area contributed by atoms with E-state index in [9.17, 15) is 9.90 Å². The van der Waals surface area contributed by atoms with Crippen molar-refractivity contribution >= 4 is 11.6 Å². The smallest absolute Gasteiger partial charge is 0.227 e. The number of nitrogens with one attached hydrogen (secondary N) is 1. The van der Waals surface area contributed by atoms with Crippen LogP contribution in [0, 0.1) is 19.8 Å². The first-order chi connectivity index (χ1) is 14.5. The fourth-order valence-electron chi connectivity index (χ4n) is 4.06. The Morgan fingerprint density at radius 2 is 1.80 bits per heavy atom. The summed E-state index contributed by atoms with van der Waals surface area (Å²) >= 11 is 0. The summed E-state index contributed by atoms with van der Waals surface area (Å²) in [4.78, 5) is 14.9. The lowest BCUT2D eigenvalue weighted by Gasteiger charge is -2.31. The Balaban J connectivity index is 1.30. The Morgan fingerprint density at radius 3 is 2.43 bits per heavy atom. The van der Waals surface area contributed by atoms with Gasteiger partial charge in [0, 0.05) is 18.2 Å². The minimum atomic E-state index is -0.0192. The van der Waals surface area contributed by atoms with Crippen LogP contribution in [0.4, 0.5) is 5.69 Å². The van der Waals surface area contributed by atoms with Crippen molar-refractivity contribution in [1.82, 2.24) is 14.7 Å². The average Bonchev–Trinajstić information content (AvgIpc) is 3.09. The van der Waals surface area contributed by atoms with Gasteiger partial charge in [0.15, 0.2) is 0 Å². The van der Waals surface area contributed by atoms with Crippen molar-refractivity contribution in [2.45, 2.75) is 33.2 Å². The van der Waals surface area contributed by atoms with E-state index in [1.54, 1.807) is 24.3 Å². The second-order valence-corrected chi connectivity index (χ2v) is 8.06. The second-order valence-electron chi connectivity index (χ2n) is 8.06. The van der Waals surface area contributed by atoms with Gasteiger partial charge >= 0.3 is 0 Å². The molecular formula is C24H28N4O2. The standard InChI is InChI=1S/C24H28N4O2/c1-17-15-18(2)28(26-17)21-9-7-19(8-10-21)16-27-13-11-20(12-14-27)24(30)25-22-5-3-4-6-23(22)29/h3-10,15,20,29H,11-14,16H2,1-2H3,(H,25,30). The van der Waals surface area contributed by atoms with Gasteiger partial charge in [0.1, 0.15) is 5.75 Å². The van der Waals surface area contributed by atoms with E-state index in [0.29, 0.717) is 5.69 Å². The summed E-state index contributed by atoms with van der Waals surface area (Å²) in [5, 5.41) is 17.2. The highest BCUT2D eigenvalue weighted by molar-refractivity contribution is 5.93. The number of hydrogen-bond donors (Lipinski definition) is 2. The van der Waals surface area contributed by atoms with E-state index >= 15 is 0 Å². The topological polar surface area (TPSA) is 70.4 Å². The number of piperidine rings is 1. The van der Waals surface area contributed by atoms with Gasteiger partial charge in [0.05, 0.1) is 17.1 Å². The highest BCUT2D eigenvalue weighted by Crippen LogP contribution is 2.25. The molecule has 30 heavy (non-hydrogen) atoms. The van der Waals surface area contributed by atoms with Crippen LogP contribution >= 0.6 is 0 Å². The quantitative estimate of drug-likeness (QED) is 0.630. The first kappa shape index (κ1) is 20.2. The third kappa shape index (κ3) is 4.54. The molecule has 0 unspecified atom stereocenters. The van der Waals surface area contributed by atoms with Gasteiger partial charge in [-0.2, -0.15) is 5.10 Å². The zero-order chi connectivity index (χ0) is 21.1. The first-order valence-electron chi connectivity index (χ1n) is 10.4. The molecule has 2 heterocycles. The van der Waals surface area contributed by atoms with Gasteiger partial charge in [-0.15, -0.1) is 0 Å². The summed E-state index contributed by atoms with van der Waals surface area (Å²) < 4.78 is 1.97. The fourth-order valence-corrected chi connectivity index (χ4v) is 4.06. The number of aromatic hydroxyl groups is 1. The predicted octanol–water partition coefficient (Wildman–Crippen LogP) is 4.05. The lowest BCUT2D eigenvalue weighted by molar-refractivity contribution is -0.121. The maximum absolute atomic E-state index is 12.5. The van der Waals surface area contributed by atoms with Gasteiger partial charge in [0.25, 0.3) is 0 Å². The lowest BCUT2D eigenvalue weighted by atomic mass is 9.95. The van der Waals surface area contributed by atoms with E-state index in [4.69, 9.17) is 0 Å². The number of para-hydroxylation sites is 2. The molecule has 1 aromatic heterocycles. The second kappa shape index (κ2) is 8.71. The third-order valence-electron chi connectivity index (χ3n) is 5.72. The number of hydrogen-bond acceptors (Lipinski definition) is 4. The van der Waals surface area contributed by atoms with Crippen molar-refractivity contribution in [1.29, 1.82) is 0 Å². The van der Waals surface area contributed by atoms with Crippen LogP contribution in [-0.2, 0) is 11.3 Å². The Kier molecular flexibility index (Phi) is 5.86. The van der Waals surface area contributed by atoms with Crippen molar-refractivity contribution in [2.75, 3.05) is 18.4 Å². The molecule has 1 fully saturated rings. The Hall–Kier alpha value is -3.12. The SMILES string of the molecule is Cc1cc(C)n(-c2ccc(CN3CCC(C(=O)Nc4ccccc4O)CC3)cc2)n1. The summed E-state index contributed by atoms with van der Waals surface area (Å²) in [6, 6.07) is 17.5. The number of rotatable bonds is 5. The van der Waals surface area contributed by atoms with Gasteiger partial charge in [-0.1, -0.05) is 24.3 Å². The molecular weight excluding hydrogens is 376 g/mol. The molecule has 6 heteroatoms. The van der Waals surface area contributed by atoms with Crippen LogP contribution in [0.5, 0.6) is 5.75 Å². The van der Waals surface area contributed by atoms with Crippen LogP contribution in [-0.4, -0.2) is 38.8 Å². The molecule has 0 saturated carbocycles. The minimum Gasteiger partial charge on any atom is -0.506 e. The maximum Gasteiger partial charge on any atom is 0.227 e. The number of amides is 1. The normalized spacial score (nSPS) is 15.3. The predicted molar refractivity (Wildman–Crippen MR) is 118 cm³/mol. The first-order valence-corrected chi connectivity index (χ1v) is 10.4. The molecule has 1 saturated heterocycles. The molecule has 1 amide bonds. The molecule has 0 bridgehead atoms. The molecule has 3 aromatic rings. The van der Waals surface area contributed by atoms with E-state index in [-0.39, 0.29) is 17.6 Å². The van der Waals surface area contributed by atoms with Gasteiger partial charge in [0.2, 0.25) is 5.91 Å². The van der Waals surface area contributed by atoms with E-state index in [2.05, 4.69) is 52.6 Å². The molecule has 1 aliphatic heterocycles. The zero-order valence-corrected chi connectivity index (χ0v) is 17.5. The van der Waals surface area contributed by atoms with Crippen LogP contribution in [0.25, 0.3) is 5.69 Å². The summed E-state index contributed by atoms with van der Waals surface area (Å²) in [6.07, 6.45) is 1.65. The highest BCUT2D eigenvalue weighted by atomic mass is 16.3. The van der Waals surface area contributed by atoms with E-state index in [0.717, 1.165) is 49.6 Å². The number of carbonyl (C=O) groups excluding carboxylic acids is 1. The van der Waals surface area contributed by atoms with E-state index in [1.165, 1.54) is 5.56 Å². The zero-order valence-electron chi connectivity index (χ0n) is 17.5. The van der Waals surface area contributed by atoms with Crippen molar-refractivity contribution in [3.63, 3.8) is 0 Å². The average molecular weight is 405 g/mol. The monoisotopic (exact) mass is 404 g/mol. The maximum atomic E-state index is 12.5. The molecule has 0 radical (unpaired) electrons. The Morgan fingerprint density at radius 1 is 1.10 bits per heavy atom. The number of anilines is 1. The minimum absolute atomic E-state index is 0.00890. The van der Waals surface area contributed by atoms with Crippen LogP contribution < -0.4 is 5.32 Å². The molecule has 156 valence electrons. The van der Waals surface area contributed by atoms with Crippen molar-refractivity contribution in [3.05, 3.63) is 71.5 Å². The number of carbonyl (C=O) groups is 1. The molecule has 6 nitrogen and oxygen atoms in total. The molecule has 2 N–H and O–H groups in total. The number of benzene rings is 2. The van der Waals surface area contributed by atoms with E-state index in [1.807, 2.05) is 11.6 Å². The number of likely N-dealkylation sites (tertiary alicyclic amines) is 1. The molecule has 0 aliphatic carbocycles. The summed E-state index contributed by atoms with van der Waals surface area (Å²) in [5.74, 6) is 0.0758. The molecule has 1 aliphatic rings. The fraction of sp³-hybridized carbons (Fsp3) is 0.333. The van der Waals surface area contributed by atoms with Crippen molar-refractivity contribution in [3.8, 4) is 11.4 Å². The van der Waals surface area contributed by atoms with Gasteiger partial charge in [-0.25, -0.2) is 4.68 Å². The van der Waals surface area contributed by atoms with Crippen LogP contribution in [0.2, 0.25) is 0 Å². The summed E-state index contributed by atoms with van der Waals surface area (Å²) in [5.41, 5.74) is 4.96. The van der Waals surface area contributed by atoms with Crippen molar-refractivity contribution in [2.24, 2.45) is 5.92 Å². The number of phenolic OH excluding ortho intramolecular Hbond substituents is 1. The van der Waals surface area contributed by atoms with Gasteiger partial charge < -0.3 is 10.4 Å². The molecule has 0 spiro atoms. The third-order valence-corrected chi connectivity index (χ3v) is 5.72. The number of phenols is 1. The number of aryl methyl sites for hydroxylation is 2. The largest absolute Gasteiger partial charge is 0.506 e. The number of nitrogens with zero attached hydrogens (tertiary/aromatic N) is 3. The molecule has 2 aromatic carbocycles. The summed E-state index contributed by atoms with van der Waals surface area (Å²) in [6.45, 7) is 6.72. The highest BCUT2D eigenvalue weighted by Gasteiger charge is 2.25. The van der Waals surface area contributed by atoms with E-state index < -0.39 is 0 Å². The lowest BCUT2D eigenvalue weighted by Crippen LogP contribution is -2.37. The Bertz CT molecular complexity index is 1020. The summed E-state index contributed by atoms with van der Waals surface area (Å²) in [7, 11) is 0. The Labute approximate surface area is 177 Å². The molecule has 0 atom stereocenters. The van der Waals surface area contributed by atoms with Gasteiger partial charge in [-0.3, -0.25) is 9.69 Å². The molecule has 4 rings (SSSR count). The van der Waals surface area contributed by atoms with Crippen LogP contribution in [0.3, 0.4) is 0 Å². The van der Waals surface area contributed by atoms with Crippen molar-refractivity contribution < 1.29 is 9.90 Å². The number of aromatic nitrogens is 2. The van der Waals surface area contributed by atoms with Crippen LogP contribution in [0.15, 0.2) is 54.6 Å². The van der Waals surface area contributed by atoms with Crippen LogP contribution in [0.1, 0.15) is 29.8 Å².